The maximum absolute atomic E-state index is 11.3. The first-order chi connectivity index (χ1) is 11.5. The van der Waals surface area contributed by atoms with Crippen LogP contribution in [0.3, 0.4) is 0 Å². The molecule has 4 nitrogen and oxygen atoms in total. The Kier molecular flexibility index (Phi) is 6.13. The molecule has 0 radical (unpaired) electrons. The van der Waals surface area contributed by atoms with E-state index in [0.717, 1.165) is 12.8 Å². The summed E-state index contributed by atoms with van der Waals surface area (Å²) in [6.07, 6.45) is 2.25. The maximum Gasteiger partial charge on any atom is 0.221 e. The Morgan fingerprint density at radius 2 is 1.75 bits per heavy atom. The van der Waals surface area contributed by atoms with E-state index in [2.05, 4.69) is 37.3 Å². The zero-order valence-corrected chi connectivity index (χ0v) is 14.0. The molecule has 24 heavy (non-hydrogen) atoms. The Bertz CT molecular complexity index is 711. The van der Waals surface area contributed by atoms with E-state index in [1.807, 2.05) is 18.2 Å². The molecule has 0 saturated heterocycles. The van der Waals surface area contributed by atoms with E-state index in [9.17, 15) is 9.59 Å². The molecule has 0 bridgehead atoms. The van der Waals surface area contributed by atoms with E-state index in [1.54, 1.807) is 0 Å². The number of carbonyl (C=O) groups is 2. The molecule has 1 atom stereocenters. The number of amides is 2. The number of aryl methyl sites for hydroxylation is 2. The summed E-state index contributed by atoms with van der Waals surface area (Å²) in [5.74, 6) is -1.40. The monoisotopic (exact) mass is 324 g/mol. The third-order valence-electron chi connectivity index (χ3n) is 4.24. The van der Waals surface area contributed by atoms with Gasteiger partial charge < -0.3 is 11.5 Å². The molecule has 0 saturated carbocycles. The van der Waals surface area contributed by atoms with Crippen molar-refractivity contribution in [3.05, 3.63) is 59.7 Å². The number of rotatable bonds is 8. The Hall–Kier alpha value is -2.62. The van der Waals surface area contributed by atoms with Crippen molar-refractivity contribution in [2.75, 3.05) is 0 Å². The van der Waals surface area contributed by atoms with Gasteiger partial charge in [-0.15, -0.1) is 0 Å². The van der Waals surface area contributed by atoms with Gasteiger partial charge in [0.2, 0.25) is 11.8 Å². The summed E-state index contributed by atoms with van der Waals surface area (Å²) in [5.41, 5.74) is 15.4. The molecule has 1 unspecified atom stereocenters. The number of nitrogens with two attached hydrogens (primary N) is 2. The van der Waals surface area contributed by atoms with Crippen LogP contribution in [0, 0.1) is 12.8 Å². The van der Waals surface area contributed by atoms with Crippen LogP contribution in [0.2, 0.25) is 0 Å². The Morgan fingerprint density at radius 3 is 2.33 bits per heavy atom. The number of hydrogen-bond donors (Lipinski definition) is 2. The first kappa shape index (κ1) is 17.7. The molecule has 0 aliphatic heterocycles. The molecule has 4 N–H and O–H groups in total. The van der Waals surface area contributed by atoms with Crippen molar-refractivity contribution < 1.29 is 9.59 Å². The van der Waals surface area contributed by atoms with Crippen LogP contribution in [0.1, 0.15) is 30.4 Å². The van der Waals surface area contributed by atoms with Gasteiger partial charge in [0.15, 0.2) is 0 Å². The fourth-order valence-corrected chi connectivity index (χ4v) is 2.96. The minimum Gasteiger partial charge on any atom is -0.370 e. The lowest BCUT2D eigenvalue weighted by molar-refractivity contribution is -0.127. The van der Waals surface area contributed by atoms with E-state index < -0.39 is 17.7 Å². The van der Waals surface area contributed by atoms with Crippen LogP contribution in [0.15, 0.2) is 48.5 Å². The standard InChI is InChI=1S/C20H24N2O2/c1-14-12-15(6-5-9-17(20(22)24)13-19(21)23)10-11-18(14)16-7-3-2-4-8-16/h2-4,7-8,10-12,17H,5-6,9,13H2,1H3,(H2,21,23)(H2,22,24). The van der Waals surface area contributed by atoms with Crippen LogP contribution < -0.4 is 11.5 Å². The molecule has 2 rings (SSSR count). The predicted octanol–water partition coefficient (Wildman–Crippen LogP) is 2.96. The highest BCUT2D eigenvalue weighted by molar-refractivity contribution is 5.83. The molecule has 0 spiro atoms. The minimum absolute atomic E-state index is 0.0291. The number of benzene rings is 2. The van der Waals surface area contributed by atoms with Crippen molar-refractivity contribution in [2.24, 2.45) is 17.4 Å². The van der Waals surface area contributed by atoms with Gasteiger partial charge in [-0.3, -0.25) is 9.59 Å². The van der Waals surface area contributed by atoms with Gasteiger partial charge in [0.1, 0.15) is 0 Å². The number of carbonyl (C=O) groups excluding carboxylic acids is 2. The molecule has 2 aromatic carbocycles. The van der Waals surface area contributed by atoms with Gasteiger partial charge in [-0.1, -0.05) is 48.5 Å². The van der Waals surface area contributed by atoms with Crippen LogP contribution in [0.5, 0.6) is 0 Å². The lowest BCUT2D eigenvalue weighted by Crippen LogP contribution is -2.28. The van der Waals surface area contributed by atoms with Gasteiger partial charge >= 0.3 is 0 Å². The van der Waals surface area contributed by atoms with Crippen molar-refractivity contribution in [1.29, 1.82) is 0 Å². The number of hydrogen-bond acceptors (Lipinski definition) is 2. The highest BCUT2D eigenvalue weighted by atomic mass is 16.2. The van der Waals surface area contributed by atoms with Crippen LogP contribution in [0.25, 0.3) is 11.1 Å². The van der Waals surface area contributed by atoms with Crippen LogP contribution >= 0.6 is 0 Å². The van der Waals surface area contributed by atoms with Crippen molar-refractivity contribution in [3.63, 3.8) is 0 Å². The second kappa shape index (κ2) is 8.29. The Labute approximate surface area is 142 Å². The summed E-state index contributed by atoms with van der Waals surface area (Å²) >= 11 is 0. The molecule has 0 heterocycles. The third kappa shape index (κ3) is 4.95. The van der Waals surface area contributed by atoms with E-state index in [1.165, 1.54) is 22.3 Å². The molecule has 2 aromatic rings. The summed E-state index contributed by atoms with van der Waals surface area (Å²) in [7, 11) is 0. The van der Waals surface area contributed by atoms with Gasteiger partial charge in [0.05, 0.1) is 0 Å². The highest BCUT2D eigenvalue weighted by Gasteiger charge is 2.17. The molecule has 0 fully saturated rings. The quantitative estimate of drug-likeness (QED) is 0.782. The number of primary amides is 2. The molecular weight excluding hydrogens is 300 g/mol. The van der Waals surface area contributed by atoms with Crippen molar-refractivity contribution in [2.45, 2.75) is 32.6 Å². The summed E-state index contributed by atoms with van der Waals surface area (Å²) < 4.78 is 0. The van der Waals surface area contributed by atoms with Gasteiger partial charge in [-0.05, 0) is 48.4 Å². The summed E-state index contributed by atoms with van der Waals surface area (Å²) in [5, 5.41) is 0. The first-order valence-corrected chi connectivity index (χ1v) is 8.20. The van der Waals surface area contributed by atoms with Crippen LogP contribution in [0.4, 0.5) is 0 Å². The van der Waals surface area contributed by atoms with E-state index >= 15 is 0 Å². The molecule has 4 heteroatoms. The Balaban J connectivity index is 1.97. The largest absolute Gasteiger partial charge is 0.370 e. The predicted molar refractivity (Wildman–Crippen MR) is 96.0 cm³/mol. The lowest BCUT2D eigenvalue weighted by atomic mass is 9.93. The normalized spacial score (nSPS) is 11.9. The summed E-state index contributed by atoms with van der Waals surface area (Å²) in [4.78, 5) is 22.3. The van der Waals surface area contributed by atoms with Gasteiger partial charge in [0.25, 0.3) is 0 Å². The average molecular weight is 324 g/mol. The van der Waals surface area contributed by atoms with Gasteiger partial charge in [-0.25, -0.2) is 0 Å². The molecule has 0 aromatic heterocycles. The van der Waals surface area contributed by atoms with Crippen LogP contribution in [-0.4, -0.2) is 11.8 Å². The molecule has 126 valence electrons. The topological polar surface area (TPSA) is 86.2 Å². The molecule has 0 aliphatic rings. The zero-order valence-electron chi connectivity index (χ0n) is 14.0. The third-order valence-corrected chi connectivity index (χ3v) is 4.24. The second-order valence-corrected chi connectivity index (χ2v) is 6.18. The van der Waals surface area contributed by atoms with Crippen molar-refractivity contribution in [3.8, 4) is 11.1 Å². The average Bonchev–Trinajstić information content (AvgIpc) is 2.54. The van der Waals surface area contributed by atoms with Crippen molar-refractivity contribution >= 4 is 11.8 Å². The first-order valence-electron chi connectivity index (χ1n) is 8.20. The molecule has 0 aliphatic carbocycles. The summed E-state index contributed by atoms with van der Waals surface area (Å²) in [6, 6.07) is 16.7. The second-order valence-electron chi connectivity index (χ2n) is 6.18. The van der Waals surface area contributed by atoms with Gasteiger partial charge in [-0.2, -0.15) is 0 Å². The molecule has 2 amide bonds. The fraction of sp³-hybridized carbons (Fsp3) is 0.300. The van der Waals surface area contributed by atoms with E-state index in [-0.39, 0.29) is 6.42 Å². The molecular formula is C20H24N2O2. The lowest BCUT2D eigenvalue weighted by Gasteiger charge is -2.12. The fourth-order valence-electron chi connectivity index (χ4n) is 2.96. The highest BCUT2D eigenvalue weighted by Crippen LogP contribution is 2.25. The smallest absolute Gasteiger partial charge is 0.221 e. The van der Waals surface area contributed by atoms with Crippen LogP contribution in [-0.2, 0) is 16.0 Å². The Morgan fingerprint density at radius 1 is 1.04 bits per heavy atom. The SMILES string of the molecule is Cc1cc(CCCC(CC(N)=O)C(N)=O)ccc1-c1ccccc1. The van der Waals surface area contributed by atoms with Crippen molar-refractivity contribution in [1.82, 2.24) is 0 Å². The van der Waals surface area contributed by atoms with E-state index in [0.29, 0.717) is 6.42 Å². The maximum atomic E-state index is 11.3. The summed E-state index contributed by atoms with van der Waals surface area (Å²) in [6.45, 7) is 2.10. The minimum atomic E-state index is -0.484. The van der Waals surface area contributed by atoms with Gasteiger partial charge in [0, 0.05) is 12.3 Å². The van der Waals surface area contributed by atoms with E-state index in [4.69, 9.17) is 11.5 Å². The zero-order chi connectivity index (χ0) is 17.5.